The van der Waals surface area contributed by atoms with Crippen LogP contribution >= 0.6 is 11.8 Å². The predicted molar refractivity (Wildman–Crippen MR) is 82.2 cm³/mol. The minimum atomic E-state index is -0.430. The number of thioether (sulfide) groups is 1. The van der Waals surface area contributed by atoms with E-state index in [1.165, 1.54) is 19.2 Å². The van der Waals surface area contributed by atoms with E-state index in [2.05, 4.69) is 0 Å². The third-order valence-corrected chi connectivity index (χ3v) is 4.04. The molecule has 0 fully saturated rings. The monoisotopic (exact) mass is 305 g/mol. The molecule has 0 aromatic heterocycles. The zero-order valence-corrected chi connectivity index (χ0v) is 12.6. The molecule has 0 aliphatic rings. The highest BCUT2D eigenvalue weighted by Crippen LogP contribution is 2.34. The Balaban J connectivity index is 2.09. The van der Waals surface area contributed by atoms with E-state index in [4.69, 9.17) is 9.47 Å². The Morgan fingerprint density at radius 3 is 2.38 bits per heavy atom. The number of hydrogen-bond donors (Lipinski definition) is 0. The number of methoxy groups -OCH3 is 2. The lowest BCUT2D eigenvalue weighted by Gasteiger charge is -2.08. The van der Waals surface area contributed by atoms with Gasteiger partial charge in [0.05, 0.1) is 30.1 Å². The van der Waals surface area contributed by atoms with Crippen molar-refractivity contribution in [1.82, 2.24) is 0 Å². The van der Waals surface area contributed by atoms with Crippen LogP contribution in [-0.4, -0.2) is 19.1 Å². The quantitative estimate of drug-likeness (QED) is 0.460. The Morgan fingerprint density at radius 2 is 1.81 bits per heavy atom. The first-order valence-corrected chi connectivity index (χ1v) is 7.20. The summed E-state index contributed by atoms with van der Waals surface area (Å²) in [5.41, 5.74) is 1.17. The lowest BCUT2D eigenvalue weighted by molar-refractivity contribution is -0.385. The van der Waals surface area contributed by atoms with Gasteiger partial charge in [0.25, 0.3) is 5.69 Å². The van der Waals surface area contributed by atoms with E-state index < -0.39 is 4.92 Å². The molecular formula is C15H15NO4S. The normalized spacial score (nSPS) is 10.2. The van der Waals surface area contributed by atoms with Crippen molar-refractivity contribution in [1.29, 1.82) is 0 Å². The van der Waals surface area contributed by atoms with Crippen LogP contribution in [0.5, 0.6) is 11.5 Å². The zero-order chi connectivity index (χ0) is 15.2. The summed E-state index contributed by atoms with van der Waals surface area (Å²) in [6, 6.07) is 12.4. The second-order valence-electron chi connectivity index (χ2n) is 4.23. The standard InChI is InChI=1S/C15H15NO4S/c1-19-13-6-3-11(4-7-13)10-21-15-8-5-12(16(17)18)9-14(15)20-2/h3-9H,10H2,1-2H3. The molecule has 0 heterocycles. The van der Waals surface area contributed by atoms with Crippen LogP contribution in [0.15, 0.2) is 47.4 Å². The van der Waals surface area contributed by atoms with Crippen LogP contribution in [0.25, 0.3) is 0 Å². The zero-order valence-electron chi connectivity index (χ0n) is 11.7. The largest absolute Gasteiger partial charge is 0.497 e. The highest BCUT2D eigenvalue weighted by Gasteiger charge is 2.11. The highest BCUT2D eigenvalue weighted by atomic mass is 32.2. The molecule has 0 aliphatic heterocycles. The van der Waals surface area contributed by atoms with Crippen LogP contribution in [0, 0.1) is 10.1 Å². The molecule has 0 bridgehead atoms. The second kappa shape index (κ2) is 6.99. The van der Waals surface area contributed by atoms with Gasteiger partial charge in [-0.1, -0.05) is 12.1 Å². The minimum absolute atomic E-state index is 0.0284. The van der Waals surface area contributed by atoms with E-state index >= 15 is 0 Å². The molecule has 0 atom stereocenters. The van der Waals surface area contributed by atoms with Gasteiger partial charge in [-0.3, -0.25) is 10.1 Å². The average molecular weight is 305 g/mol. The molecule has 0 saturated carbocycles. The molecule has 0 amide bonds. The van der Waals surface area contributed by atoms with Gasteiger partial charge in [0.15, 0.2) is 0 Å². The number of nitro benzene ring substituents is 1. The number of non-ortho nitro benzene ring substituents is 1. The maximum absolute atomic E-state index is 10.8. The van der Waals surface area contributed by atoms with Gasteiger partial charge in [-0.05, 0) is 23.8 Å². The first-order chi connectivity index (χ1) is 10.1. The van der Waals surface area contributed by atoms with Crippen LogP contribution in [0.1, 0.15) is 5.56 Å². The number of nitro groups is 1. The number of hydrogen-bond acceptors (Lipinski definition) is 5. The first-order valence-electron chi connectivity index (χ1n) is 6.22. The topological polar surface area (TPSA) is 61.6 Å². The van der Waals surface area contributed by atoms with Gasteiger partial charge in [-0.25, -0.2) is 0 Å². The summed E-state index contributed by atoms with van der Waals surface area (Å²) >= 11 is 1.57. The third kappa shape index (κ3) is 3.88. The van der Waals surface area contributed by atoms with Crippen molar-refractivity contribution in [2.45, 2.75) is 10.6 Å². The van der Waals surface area contributed by atoms with E-state index in [0.29, 0.717) is 5.75 Å². The third-order valence-electron chi connectivity index (χ3n) is 2.91. The summed E-state index contributed by atoms with van der Waals surface area (Å²) in [6.45, 7) is 0. The van der Waals surface area contributed by atoms with E-state index in [0.717, 1.165) is 22.0 Å². The highest BCUT2D eigenvalue weighted by molar-refractivity contribution is 7.98. The van der Waals surface area contributed by atoms with Crippen molar-refractivity contribution in [3.63, 3.8) is 0 Å². The van der Waals surface area contributed by atoms with Crippen LogP contribution in [0.3, 0.4) is 0 Å². The molecule has 0 aliphatic carbocycles. The van der Waals surface area contributed by atoms with Crippen molar-refractivity contribution in [3.05, 3.63) is 58.1 Å². The molecule has 0 radical (unpaired) electrons. The van der Waals surface area contributed by atoms with E-state index in [1.807, 2.05) is 24.3 Å². The van der Waals surface area contributed by atoms with Crippen molar-refractivity contribution in [2.24, 2.45) is 0 Å². The number of nitrogens with zero attached hydrogens (tertiary/aromatic N) is 1. The summed E-state index contributed by atoms with van der Waals surface area (Å²) in [5, 5.41) is 10.8. The molecule has 5 nitrogen and oxygen atoms in total. The van der Waals surface area contributed by atoms with Gasteiger partial charge in [-0.15, -0.1) is 11.8 Å². The molecule has 0 spiro atoms. The maximum Gasteiger partial charge on any atom is 0.273 e. The van der Waals surface area contributed by atoms with Crippen molar-refractivity contribution >= 4 is 17.4 Å². The molecule has 2 aromatic carbocycles. The molecule has 0 unspecified atom stereocenters. The fourth-order valence-corrected chi connectivity index (χ4v) is 2.74. The molecule has 0 N–H and O–H groups in total. The molecule has 2 rings (SSSR count). The SMILES string of the molecule is COc1ccc(CSc2ccc([N+](=O)[O-])cc2OC)cc1. The predicted octanol–water partition coefficient (Wildman–Crippen LogP) is 3.90. The number of rotatable bonds is 6. The average Bonchev–Trinajstić information content (AvgIpc) is 2.53. The summed E-state index contributed by atoms with van der Waals surface area (Å²) in [6.07, 6.45) is 0. The van der Waals surface area contributed by atoms with Crippen molar-refractivity contribution in [3.8, 4) is 11.5 Å². The smallest absolute Gasteiger partial charge is 0.273 e. The lowest BCUT2D eigenvalue weighted by atomic mass is 10.2. The Kier molecular flexibility index (Phi) is 5.05. The Labute approximate surface area is 127 Å². The minimum Gasteiger partial charge on any atom is -0.497 e. The molecule has 0 saturated heterocycles. The summed E-state index contributed by atoms with van der Waals surface area (Å²) in [7, 11) is 3.14. The van der Waals surface area contributed by atoms with Gasteiger partial charge < -0.3 is 9.47 Å². The van der Waals surface area contributed by atoms with Gasteiger partial charge >= 0.3 is 0 Å². The Bertz CT molecular complexity index is 628. The first kappa shape index (κ1) is 15.2. The van der Waals surface area contributed by atoms with Gasteiger partial charge in [0.2, 0.25) is 0 Å². The summed E-state index contributed by atoms with van der Waals surface area (Å²) < 4.78 is 10.3. The molecule has 110 valence electrons. The van der Waals surface area contributed by atoms with Crippen LogP contribution in [0.2, 0.25) is 0 Å². The summed E-state index contributed by atoms with van der Waals surface area (Å²) in [5.74, 6) is 2.08. The molecular weight excluding hydrogens is 290 g/mol. The number of benzene rings is 2. The van der Waals surface area contributed by atoms with E-state index in [1.54, 1.807) is 24.9 Å². The van der Waals surface area contributed by atoms with Crippen LogP contribution in [-0.2, 0) is 5.75 Å². The lowest BCUT2D eigenvalue weighted by Crippen LogP contribution is -1.92. The molecule has 2 aromatic rings. The Morgan fingerprint density at radius 1 is 1.10 bits per heavy atom. The van der Waals surface area contributed by atoms with Crippen molar-refractivity contribution in [2.75, 3.05) is 14.2 Å². The Hall–Kier alpha value is -2.21. The van der Waals surface area contributed by atoms with Crippen molar-refractivity contribution < 1.29 is 14.4 Å². The summed E-state index contributed by atoms with van der Waals surface area (Å²) in [4.78, 5) is 11.2. The fraction of sp³-hybridized carbons (Fsp3) is 0.200. The van der Waals surface area contributed by atoms with Gasteiger partial charge in [0.1, 0.15) is 11.5 Å². The number of ether oxygens (including phenoxy) is 2. The van der Waals surface area contributed by atoms with Gasteiger partial charge in [-0.2, -0.15) is 0 Å². The molecule has 6 heteroatoms. The maximum atomic E-state index is 10.8. The van der Waals surface area contributed by atoms with Crippen LogP contribution < -0.4 is 9.47 Å². The second-order valence-corrected chi connectivity index (χ2v) is 5.25. The van der Waals surface area contributed by atoms with Crippen LogP contribution in [0.4, 0.5) is 5.69 Å². The van der Waals surface area contributed by atoms with E-state index in [9.17, 15) is 10.1 Å². The van der Waals surface area contributed by atoms with E-state index in [-0.39, 0.29) is 5.69 Å². The molecule has 21 heavy (non-hydrogen) atoms. The fourth-order valence-electron chi connectivity index (χ4n) is 1.77. The van der Waals surface area contributed by atoms with Gasteiger partial charge in [0, 0.05) is 11.8 Å².